The van der Waals surface area contributed by atoms with Gasteiger partial charge in [0.2, 0.25) is 0 Å². The van der Waals surface area contributed by atoms with Crippen molar-refractivity contribution in [3.8, 4) is 0 Å². The average Bonchev–Trinajstić information content (AvgIpc) is 2.92. The number of hydrogen-bond donors (Lipinski definition) is 1. The van der Waals surface area contributed by atoms with Crippen LogP contribution in [0, 0.1) is 5.92 Å². The van der Waals surface area contributed by atoms with Crippen LogP contribution in [0.4, 0.5) is 23.7 Å². The van der Waals surface area contributed by atoms with Crippen LogP contribution in [-0.4, -0.2) is 36.2 Å². The Hall–Kier alpha value is -1.92. The fraction of sp³-hybridized carbons (Fsp3) is 0.588. The van der Waals surface area contributed by atoms with E-state index in [0.717, 1.165) is 18.6 Å². The van der Waals surface area contributed by atoms with Gasteiger partial charge in [-0.3, -0.25) is 0 Å². The second kappa shape index (κ2) is 6.91. The molecule has 1 N–H and O–H groups in total. The van der Waals surface area contributed by atoms with Gasteiger partial charge in [-0.2, -0.15) is 13.2 Å². The molecule has 1 aliphatic rings. The van der Waals surface area contributed by atoms with E-state index in [0.29, 0.717) is 25.3 Å². The third kappa shape index (κ3) is 5.32. The first kappa shape index (κ1) is 18.4. The Kier molecular flexibility index (Phi) is 5.30. The van der Waals surface area contributed by atoms with Gasteiger partial charge in [0.05, 0.1) is 5.56 Å². The molecule has 1 fully saturated rings. The number of alkyl halides is 3. The first-order chi connectivity index (χ1) is 11.0. The molecule has 134 valence electrons. The van der Waals surface area contributed by atoms with Crippen molar-refractivity contribution in [2.45, 2.75) is 39.0 Å². The lowest BCUT2D eigenvalue weighted by Gasteiger charge is -2.24. The van der Waals surface area contributed by atoms with Crippen molar-refractivity contribution < 1.29 is 22.7 Å². The maximum absolute atomic E-state index is 12.5. The van der Waals surface area contributed by atoms with Crippen molar-refractivity contribution >= 4 is 11.8 Å². The van der Waals surface area contributed by atoms with Gasteiger partial charge in [0.15, 0.2) is 0 Å². The highest BCUT2D eigenvalue weighted by Crippen LogP contribution is 2.30. The Morgan fingerprint density at radius 1 is 1.25 bits per heavy atom. The van der Waals surface area contributed by atoms with Crippen LogP contribution >= 0.6 is 0 Å². The summed E-state index contributed by atoms with van der Waals surface area (Å²) < 4.78 is 42.9. The molecule has 1 heterocycles. The summed E-state index contributed by atoms with van der Waals surface area (Å²) in [5.74, 6) is 0.250. The van der Waals surface area contributed by atoms with Crippen LogP contribution < -0.4 is 5.32 Å². The van der Waals surface area contributed by atoms with E-state index in [1.165, 1.54) is 12.1 Å². The first-order valence-electron chi connectivity index (χ1n) is 7.94. The fourth-order valence-corrected chi connectivity index (χ4v) is 2.53. The zero-order valence-electron chi connectivity index (χ0n) is 14.1. The molecule has 24 heavy (non-hydrogen) atoms. The van der Waals surface area contributed by atoms with Crippen LogP contribution in [0.25, 0.3) is 0 Å². The third-order valence-corrected chi connectivity index (χ3v) is 3.74. The molecule has 0 spiro atoms. The minimum Gasteiger partial charge on any atom is -0.444 e. The molecule has 1 atom stereocenters. The molecular formula is C17H23F3N2O2. The zero-order chi connectivity index (χ0) is 18.0. The predicted octanol–water partition coefficient (Wildman–Crippen LogP) is 4.37. The van der Waals surface area contributed by atoms with Gasteiger partial charge in [-0.05, 0) is 57.4 Å². The van der Waals surface area contributed by atoms with Crippen LogP contribution in [-0.2, 0) is 10.9 Å². The Balaban J connectivity index is 1.81. The van der Waals surface area contributed by atoms with Crippen molar-refractivity contribution in [1.82, 2.24) is 4.90 Å². The van der Waals surface area contributed by atoms with Crippen molar-refractivity contribution in [3.05, 3.63) is 29.8 Å². The molecule has 1 amide bonds. The standard InChI is InChI=1S/C17H23F3N2O2/c1-16(2,3)24-15(23)22-9-8-12(11-22)10-21-14-6-4-13(5-7-14)17(18,19)20/h4-7,12,21H,8-11H2,1-3H3/t12-/m0/s1. The van der Waals surface area contributed by atoms with E-state index in [4.69, 9.17) is 4.74 Å². The maximum atomic E-state index is 12.5. The highest BCUT2D eigenvalue weighted by atomic mass is 19.4. The lowest BCUT2D eigenvalue weighted by atomic mass is 10.1. The molecule has 2 rings (SSSR count). The quantitative estimate of drug-likeness (QED) is 0.885. The van der Waals surface area contributed by atoms with Gasteiger partial charge in [-0.25, -0.2) is 4.79 Å². The van der Waals surface area contributed by atoms with Crippen molar-refractivity contribution in [2.75, 3.05) is 25.0 Å². The van der Waals surface area contributed by atoms with Gasteiger partial charge in [0, 0.05) is 25.3 Å². The third-order valence-electron chi connectivity index (χ3n) is 3.74. The molecule has 4 nitrogen and oxygen atoms in total. The van der Waals surface area contributed by atoms with Gasteiger partial charge in [-0.15, -0.1) is 0 Å². The summed E-state index contributed by atoms with van der Waals surface area (Å²) >= 11 is 0. The maximum Gasteiger partial charge on any atom is 0.416 e. The number of nitrogens with one attached hydrogen (secondary N) is 1. The van der Waals surface area contributed by atoms with Gasteiger partial charge in [-0.1, -0.05) is 0 Å². The summed E-state index contributed by atoms with van der Waals surface area (Å²) in [5, 5.41) is 3.13. The zero-order valence-corrected chi connectivity index (χ0v) is 14.1. The number of carbonyl (C=O) groups excluding carboxylic acids is 1. The Labute approximate surface area is 140 Å². The summed E-state index contributed by atoms with van der Waals surface area (Å²) in [5.41, 5.74) is -0.545. The summed E-state index contributed by atoms with van der Waals surface area (Å²) in [6.45, 7) is 7.29. The van der Waals surface area contributed by atoms with Crippen LogP contribution in [0.5, 0.6) is 0 Å². The van der Waals surface area contributed by atoms with Gasteiger partial charge in [0.1, 0.15) is 5.60 Å². The molecule has 0 radical (unpaired) electrons. The highest BCUT2D eigenvalue weighted by Gasteiger charge is 2.31. The summed E-state index contributed by atoms with van der Waals surface area (Å²) in [6, 6.07) is 4.96. The summed E-state index contributed by atoms with van der Waals surface area (Å²) in [4.78, 5) is 13.7. The number of amides is 1. The van der Waals surface area contributed by atoms with Crippen molar-refractivity contribution in [3.63, 3.8) is 0 Å². The van der Waals surface area contributed by atoms with Crippen LogP contribution in [0.15, 0.2) is 24.3 Å². The topological polar surface area (TPSA) is 41.6 Å². The van der Waals surface area contributed by atoms with Gasteiger partial charge < -0.3 is 15.0 Å². The number of halogens is 3. The number of anilines is 1. The summed E-state index contributed by atoms with van der Waals surface area (Å²) in [6.07, 6.45) is -3.80. The van der Waals surface area contributed by atoms with E-state index >= 15 is 0 Å². The largest absolute Gasteiger partial charge is 0.444 e. The number of rotatable bonds is 3. The van der Waals surface area contributed by atoms with Crippen LogP contribution in [0.3, 0.4) is 0 Å². The van der Waals surface area contributed by atoms with Gasteiger partial charge >= 0.3 is 12.3 Å². The number of nitrogens with zero attached hydrogens (tertiary/aromatic N) is 1. The monoisotopic (exact) mass is 344 g/mol. The number of ether oxygens (including phenoxy) is 1. The molecule has 0 saturated carbocycles. The lowest BCUT2D eigenvalue weighted by Crippen LogP contribution is -2.35. The van der Waals surface area contributed by atoms with E-state index in [1.807, 2.05) is 20.8 Å². The Morgan fingerprint density at radius 2 is 1.88 bits per heavy atom. The average molecular weight is 344 g/mol. The Bertz CT molecular complexity index is 565. The van der Waals surface area contributed by atoms with E-state index in [1.54, 1.807) is 4.90 Å². The van der Waals surface area contributed by atoms with Crippen molar-refractivity contribution in [1.29, 1.82) is 0 Å². The second-order valence-corrected chi connectivity index (χ2v) is 7.04. The molecule has 1 aliphatic heterocycles. The molecular weight excluding hydrogens is 321 g/mol. The number of likely N-dealkylation sites (tertiary alicyclic amines) is 1. The molecule has 0 unspecified atom stereocenters. The van der Waals surface area contributed by atoms with Gasteiger partial charge in [0.25, 0.3) is 0 Å². The fourth-order valence-electron chi connectivity index (χ4n) is 2.53. The molecule has 0 aromatic heterocycles. The lowest BCUT2D eigenvalue weighted by molar-refractivity contribution is -0.137. The van der Waals surface area contributed by atoms with Crippen molar-refractivity contribution in [2.24, 2.45) is 5.92 Å². The van der Waals surface area contributed by atoms with E-state index < -0.39 is 17.3 Å². The summed E-state index contributed by atoms with van der Waals surface area (Å²) in [7, 11) is 0. The minimum absolute atomic E-state index is 0.250. The first-order valence-corrected chi connectivity index (χ1v) is 7.94. The van der Waals surface area contributed by atoms with Crippen LogP contribution in [0.1, 0.15) is 32.8 Å². The second-order valence-electron chi connectivity index (χ2n) is 7.04. The number of benzene rings is 1. The smallest absolute Gasteiger partial charge is 0.416 e. The minimum atomic E-state index is -4.32. The van der Waals surface area contributed by atoms with E-state index in [-0.39, 0.29) is 12.0 Å². The molecule has 7 heteroatoms. The normalized spacial score (nSPS) is 18.6. The Morgan fingerprint density at radius 3 is 2.42 bits per heavy atom. The molecule has 0 aliphatic carbocycles. The molecule has 1 aromatic carbocycles. The predicted molar refractivity (Wildman–Crippen MR) is 85.8 cm³/mol. The molecule has 1 saturated heterocycles. The number of carbonyl (C=O) groups is 1. The van der Waals surface area contributed by atoms with Crippen LogP contribution in [0.2, 0.25) is 0 Å². The number of hydrogen-bond acceptors (Lipinski definition) is 3. The molecule has 1 aromatic rings. The van der Waals surface area contributed by atoms with E-state index in [9.17, 15) is 18.0 Å². The van der Waals surface area contributed by atoms with E-state index in [2.05, 4.69) is 5.32 Å². The highest BCUT2D eigenvalue weighted by molar-refractivity contribution is 5.68. The molecule has 0 bridgehead atoms. The SMILES string of the molecule is CC(C)(C)OC(=O)N1CC[C@@H](CNc2ccc(C(F)(F)F)cc2)C1.